The van der Waals surface area contributed by atoms with Crippen molar-refractivity contribution in [2.24, 2.45) is 0 Å². The van der Waals surface area contributed by atoms with E-state index in [1.807, 2.05) is 0 Å². The van der Waals surface area contributed by atoms with Crippen molar-refractivity contribution < 1.29 is 4.79 Å². The summed E-state index contributed by atoms with van der Waals surface area (Å²) in [5.41, 5.74) is 0.812. The topological polar surface area (TPSA) is 29.1 Å². The van der Waals surface area contributed by atoms with Crippen molar-refractivity contribution in [3.8, 4) is 0 Å². The molecule has 9 heavy (non-hydrogen) atoms. The van der Waals surface area contributed by atoms with Gasteiger partial charge in [-0.15, -0.1) is 0 Å². The maximum absolute atomic E-state index is 9.81. The fraction of sp³-hybridized carbons (Fsp3) is 0.833. The Morgan fingerprint density at radius 3 is 2.89 bits per heavy atom. The van der Waals surface area contributed by atoms with Crippen LogP contribution in [0.2, 0.25) is 0 Å². The Morgan fingerprint density at radius 1 is 1.78 bits per heavy atom. The Bertz CT molecular complexity index is 77.5. The molecule has 0 aromatic carbocycles. The third kappa shape index (κ3) is 5.86. The van der Waals surface area contributed by atoms with Gasteiger partial charge in [0.05, 0.1) is 0 Å². The summed E-state index contributed by atoms with van der Waals surface area (Å²) >= 11 is 1.13. The molecule has 0 heterocycles. The zero-order chi connectivity index (χ0) is 7.11. The molecule has 54 valence electrons. The summed E-state index contributed by atoms with van der Waals surface area (Å²) in [5, 5.41) is 0. The second-order valence-electron chi connectivity index (χ2n) is 2.02. The number of carbonyl (C=O) groups excluding carboxylic acids is 1. The standard InChI is InChI=1S/C6H13NOS/c1-3-4-6(2)7-9-5-8/h5-7H,3-4H2,1-2H3. The van der Waals surface area contributed by atoms with Crippen molar-refractivity contribution in [1.29, 1.82) is 0 Å². The van der Waals surface area contributed by atoms with E-state index in [0.717, 1.165) is 30.4 Å². The van der Waals surface area contributed by atoms with Crippen molar-refractivity contribution in [3.63, 3.8) is 0 Å². The van der Waals surface area contributed by atoms with Crippen LogP contribution in [-0.4, -0.2) is 11.7 Å². The first-order valence-electron chi connectivity index (χ1n) is 3.16. The summed E-state index contributed by atoms with van der Waals surface area (Å²) in [5.74, 6) is 0. The van der Waals surface area contributed by atoms with Crippen molar-refractivity contribution in [3.05, 3.63) is 0 Å². The minimum absolute atomic E-state index is 0.449. The molecule has 0 saturated heterocycles. The van der Waals surface area contributed by atoms with E-state index >= 15 is 0 Å². The fourth-order valence-corrected chi connectivity index (χ4v) is 1.04. The molecule has 0 aliphatic heterocycles. The Morgan fingerprint density at radius 2 is 2.44 bits per heavy atom. The molecule has 0 aromatic heterocycles. The van der Waals surface area contributed by atoms with Gasteiger partial charge in [0.25, 0.3) is 0 Å². The average Bonchev–Trinajstić information content (AvgIpc) is 1.85. The number of hydrogen-bond acceptors (Lipinski definition) is 3. The number of carbonyl (C=O) groups is 1. The van der Waals surface area contributed by atoms with Crippen molar-refractivity contribution >= 4 is 17.6 Å². The molecule has 0 aliphatic carbocycles. The van der Waals surface area contributed by atoms with Crippen LogP contribution >= 0.6 is 11.9 Å². The molecular weight excluding hydrogens is 134 g/mol. The van der Waals surface area contributed by atoms with Gasteiger partial charge < -0.3 is 0 Å². The summed E-state index contributed by atoms with van der Waals surface area (Å²) in [6.45, 7) is 4.20. The SMILES string of the molecule is CCCC(C)NSC=O. The van der Waals surface area contributed by atoms with E-state index < -0.39 is 0 Å². The summed E-state index contributed by atoms with van der Waals surface area (Å²) in [4.78, 5) is 9.81. The highest BCUT2D eigenvalue weighted by Crippen LogP contribution is 1.98. The van der Waals surface area contributed by atoms with Crippen LogP contribution in [-0.2, 0) is 4.79 Å². The molecule has 0 aromatic rings. The van der Waals surface area contributed by atoms with Gasteiger partial charge in [0.2, 0.25) is 0 Å². The zero-order valence-corrected chi connectivity index (χ0v) is 6.70. The molecule has 0 spiro atoms. The van der Waals surface area contributed by atoms with Crippen LogP contribution in [0.1, 0.15) is 26.7 Å². The van der Waals surface area contributed by atoms with Crippen molar-refractivity contribution in [2.45, 2.75) is 32.7 Å². The lowest BCUT2D eigenvalue weighted by Gasteiger charge is -2.07. The lowest BCUT2D eigenvalue weighted by molar-refractivity contribution is 0.568. The quantitative estimate of drug-likeness (QED) is 0.473. The van der Waals surface area contributed by atoms with Gasteiger partial charge in [-0.25, -0.2) is 0 Å². The predicted molar refractivity (Wildman–Crippen MR) is 41.8 cm³/mol. The number of nitrogens with one attached hydrogen (secondary N) is 1. The van der Waals surface area contributed by atoms with Crippen LogP contribution < -0.4 is 4.72 Å². The molecule has 0 rings (SSSR count). The first-order chi connectivity index (χ1) is 4.31. The van der Waals surface area contributed by atoms with Crippen molar-refractivity contribution in [1.82, 2.24) is 4.72 Å². The van der Waals surface area contributed by atoms with E-state index in [-0.39, 0.29) is 0 Å². The second kappa shape index (κ2) is 6.11. The molecular formula is C6H13NOS. The van der Waals surface area contributed by atoms with Gasteiger partial charge >= 0.3 is 0 Å². The van der Waals surface area contributed by atoms with Crippen LogP contribution in [0.15, 0.2) is 0 Å². The molecule has 0 fully saturated rings. The maximum atomic E-state index is 9.81. The summed E-state index contributed by atoms with van der Waals surface area (Å²) < 4.78 is 2.98. The molecule has 0 bridgehead atoms. The number of rotatable bonds is 5. The highest BCUT2D eigenvalue weighted by atomic mass is 32.2. The molecule has 0 amide bonds. The summed E-state index contributed by atoms with van der Waals surface area (Å²) in [6, 6.07) is 0.449. The minimum atomic E-state index is 0.449. The van der Waals surface area contributed by atoms with Gasteiger partial charge in [-0.1, -0.05) is 13.3 Å². The third-order valence-corrected chi connectivity index (χ3v) is 1.67. The average molecular weight is 147 g/mol. The van der Waals surface area contributed by atoms with Crippen molar-refractivity contribution in [2.75, 3.05) is 0 Å². The summed E-state index contributed by atoms with van der Waals surface area (Å²) in [7, 11) is 0. The van der Waals surface area contributed by atoms with E-state index in [1.165, 1.54) is 0 Å². The Hall–Kier alpha value is -0.0200. The molecule has 0 saturated carbocycles. The summed E-state index contributed by atoms with van der Waals surface area (Å²) in [6.07, 6.45) is 2.29. The fourth-order valence-electron chi connectivity index (χ4n) is 0.636. The highest BCUT2D eigenvalue weighted by molar-refractivity contribution is 8.10. The lowest BCUT2D eigenvalue weighted by atomic mass is 10.2. The minimum Gasteiger partial charge on any atom is -0.290 e. The van der Waals surface area contributed by atoms with E-state index in [9.17, 15) is 4.79 Å². The second-order valence-corrected chi connectivity index (χ2v) is 2.69. The van der Waals surface area contributed by atoms with Gasteiger partial charge in [0.1, 0.15) is 0 Å². The van der Waals surface area contributed by atoms with Crippen LogP contribution in [0.5, 0.6) is 0 Å². The van der Waals surface area contributed by atoms with Gasteiger partial charge in [-0.2, -0.15) is 0 Å². The highest BCUT2D eigenvalue weighted by Gasteiger charge is 1.96. The van der Waals surface area contributed by atoms with Crippen LogP contribution in [0.4, 0.5) is 0 Å². The van der Waals surface area contributed by atoms with E-state index in [1.54, 1.807) is 0 Å². The van der Waals surface area contributed by atoms with E-state index in [2.05, 4.69) is 18.6 Å². The first kappa shape index (κ1) is 8.98. The Labute approximate surface area is 60.5 Å². The maximum Gasteiger partial charge on any atom is 0.191 e. The molecule has 1 atom stereocenters. The van der Waals surface area contributed by atoms with Crippen LogP contribution in [0, 0.1) is 0 Å². The molecule has 1 unspecified atom stereocenters. The Kier molecular flexibility index (Phi) is 6.09. The molecule has 0 radical (unpaired) electrons. The monoisotopic (exact) mass is 147 g/mol. The van der Waals surface area contributed by atoms with Gasteiger partial charge in [0.15, 0.2) is 5.62 Å². The third-order valence-electron chi connectivity index (χ3n) is 1.04. The van der Waals surface area contributed by atoms with E-state index in [0.29, 0.717) is 6.04 Å². The molecule has 1 N–H and O–H groups in total. The zero-order valence-electron chi connectivity index (χ0n) is 5.89. The van der Waals surface area contributed by atoms with Gasteiger partial charge in [-0.3, -0.25) is 9.52 Å². The normalized spacial score (nSPS) is 13.1. The van der Waals surface area contributed by atoms with Gasteiger partial charge in [-0.05, 0) is 25.3 Å². The predicted octanol–water partition coefficient (Wildman–Crippen LogP) is 1.60. The lowest BCUT2D eigenvalue weighted by Crippen LogP contribution is -2.18. The molecule has 3 heteroatoms. The van der Waals surface area contributed by atoms with E-state index in [4.69, 9.17) is 0 Å². The van der Waals surface area contributed by atoms with Crippen LogP contribution in [0.3, 0.4) is 0 Å². The van der Waals surface area contributed by atoms with Crippen LogP contribution in [0.25, 0.3) is 0 Å². The smallest absolute Gasteiger partial charge is 0.191 e. The Balaban J connectivity index is 3.04. The molecule has 2 nitrogen and oxygen atoms in total. The van der Waals surface area contributed by atoms with Gasteiger partial charge in [0, 0.05) is 6.04 Å². The number of hydrogen-bond donors (Lipinski definition) is 1. The molecule has 0 aliphatic rings. The first-order valence-corrected chi connectivity index (χ1v) is 4.04. The largest absolute Gasteiger partial charge is 0.290 e.